The summed E-state index contributed by atoms with van der Waals surface area (Å²) >= 11 is 4.81. The SMILES string of the molecule is CN(Cc1ccccc1Br)c1nnns1. The van der Waals surface area contributed by atoms with Crippen LogP contribution < -0.4 is 4.90 Å². The molecule has 0 aliphatic rings. The van der Waals surface area contributed by atoms with E-state index in [4.69, 9.17) is 0 Å². The quantitative estimate of drug-likeness (QED) is 0.868. The monoisotopic (exact) mass is 284 g/mol. The van der Waals surface area contributed by atoms with E-state index < -0.39 is 0 Å². The molecule has 0 bridgehead atoms. The van der Waals surface area contributed by atoms with Gasteiger partial charge in [-0.1, -0.05) is 43.7 Å². The lowest BCUT2D eigenvalue weighted by Crippen LogP contribution is -2.16. The van der Waals surface area contributed by atoms with Gasteiger partial charge in [0, 0.05) is 29.6 Å². The topological polar surface area (TPSA) is 41.9 Å². The van der Waals surface area contributed by atoms with Crippen molar-refractivity contribution in [3.8, 4) is 0 Å². The lowest BCUT2D eigenvalue weighted by atomic mass is 10.2. The maximum Gasteiger partial charge on any atom is 0.227 e. The van der Waals surface area contributed by atoms with Crippen molar-refractivity contribution in [3.05, 3.63) is 34.3 Å². The van der Waals surface area contributed by atoms with E-state index in [1.54, 1.807) is 0 Å². The van der Waals surface area contributed by atoms with Gasteiger partial charge in [-0.05, 0) is 16.8 Å². The molecule has 0 N–H and O–H groups in total. The molecule has 0 amide bonds. The zero-order valence-electron chi connectivity index (χ0n) is 8.09. The Kier molecular flexibility index (Phi) is 3.27. The predicted octanol–water partition coefficient (Wildman–Crippen LogP) is 2.33. The molecule has 1 aromatic carbocycles. The van der Waals surface area contributed by atoms with Gasteiger partial charge in [0.1, 0.15) is 0 Å². The van der Waals surface area contributed by atoms with Crippen LogP contribution in [0.4, 0.5) is 5.13 Å². The molecule has 2 aromatic rings. The van der Waals surface area contributed by atoms with Crippen molar-refractivity contribution in [2.45, 2.75) is 6.54 Å². The van der Waals surface area contributed by atoms with Crippen molar-refractivity contribution in [1.82, 2.24) is 14.8 Å². The Morgan fingerprint density at radius 3 is 2.87 bits per heavy atom. The zero-order valence-corrected chi connectivity index (χ0v) is 10.5. The molecule has 1 aromatic heterocycles. The van der Waals surface area contributed by atoms with Gasteiger partial charge in [0.05, 0.1) is 0 Å². The average Bonchev–Trinajstić information content (AvgIpc) is 2.74. The number of aromatic nitrogens is 3. The number of halogens is 1. The number of nitrogens with zero attached hydrogens (tertiary/aromatic N) is 4. The minimum absolute atomic E-state index is 0.790. The highest BCUT2D eigenvalue weighted by Gasteiger charge is 2.07. The van der Waals surface area contributed by atoms with Crippen LogP contribution in [0.2, 0.25) is 0 Å². The average molecular weight is 285 g/mol. The second-order valence-electron chi connectivity index (χ2n) is 3.09. The smallest absolute Gasteiger partial charge is 0.227 e. The van der Waals surface area contributed by atoms with Gasteiger partial charge in [0.2, 0.25) is 5.13 Å². The normalized spacial score (nSPS) is 10.3. The molecule has 15 heavy (non-hydrogen) atoms. The molecule has 0 fully saturated rings. The second-order valence-corrected chi connectivity index (χ2v) is 4.66. The van der Waals surface area contributed by atoms with Crippen molar-refractivity contribution in [2.24, 2.45) is 0 Å². The summed E-state index contributed by atoms with van der Waals surface area (Å²) in [6.45, 7) is 0.790. The van der Waals surface area contributed by atoms with Crippen LogP contribution in [0.1, 0.15) is 5.56 Å². The summed E-state index contributed by atoms with van der Waals surface area (Å²) in [5, 5.41) is 8.31. The minimum atomic E-state index is 0.790. The molecule has 0 unspecified atom stereocenters. The maximum atomic E-state index is 3.91. The van der Waals surface area contributed by atoms with Crippen LogP contribution in [0.5, 0.6) is 0 Å². The highest BCUT2D eigenvalue weighted by Crippen LogP contribution is 2.20. The van der Waals surface area contributed by atoms with Gasteiger partial charge in [-0.3, -0.25) is 0 Å². The summed E-state index contributed by atoms with van der Waals surface area (Å²) in [6, 6.07) is 8.13. The molecule has 0 saturated heterocycles. The van der Waals surface area contributed by atoms with Gasteiger partial charge in [-0.2, -0.15) is 0 Å². The van der Waals surface area contributed by atoms with E-state index in [1.165, 1.54) is 17.1 Å². The minimum Gasteiger partial charge on any atom is -0.344 e. The fourth-order valence-electron chi connectivity index (χ4n) is 1.23. The van der Waals surface area contributed by atoms with Crippen LogP contribution in [0.25, 0.3) is 0 Å². The molecule has 4 nitrogen and oxygen atoms in total. The maximum absolute atomic E-state index is 3.91. The summed E-state index contributed by atoms with van der Waals surface area (Å²) in [5.41, 5.74) is 1.22. The molecule has 0 aliphatic heterocycles. The molecule has 6 heteroatoms. The van der Waals surface area contributed by atoms with E-state index in [2.05, 4.69) is 36.8 Å². The predicted molar refractivity (Wildman–Crippen MR) is 64.0 cm³/mol. The molecular formula is C9H9BrN4S. The Morgan fingerprint density at radius 1 is 1.40 bits per heavy atom. The van der Waals surface area contributed by atoms with Gasteiger partial charge < -0.3 is 4.90 Å². The van der Waals surface area contributed by atoms with Gasteiger partial charge >= 0.3 is 0 Å². The van der Waals surface area contributed by atoms with Crippen molar-refractivity contribution in [3.63, 3.8) is 0 Å². The van der Waals surface area contributed by atoms with Crippen LogP contribution in [0.15, 0.2) is 28.7 Å². The highest BCUT2D eigenvalue weighted by molar-refractivity contribution is 9.10. The van der Waals surface area contributed by atoms with E-state index in [0.29, 0.717) is 0 Å². The summed E-state index contributed by atoms with van der Waals surface area (Å²) in [4.78, 5) is 2.02. The molecule has 0 spiro atoms. The molecule has 0 saturated carbocycles. The van der Waals surface area contributed by atoms with Crippen LogP contribution in [0.3, 0.4) is 0 Å². The van der Waals surface area contributed by atoms with E-state index >= 15 is 0 Å². The first-order chi connectivity index (χ1) is 7.27. The van der Waals surface area contributed by atoms with E-state index in [1.807, 2.05) is 30.1 Å². The third-order valence-electron chi connectivity index (χ3n) is 1.98. The van der Waals surface area contributed by atoms with E-state index in [-0.39, 0.29) is 0 Å². The first-order valence-corrected chi connectivity index (χ1v) is 5.93. The van der Waals surface area contributed by atoms with Crippen molar-refractivity contribution in [1.29, 1.82) is 0 Å². The molecule has 0 aliphatic carbocycles. The zero-order chi connectivity index (χ0) is 10.7. The summed E-state index contributed by atoms with van der Waals surface area (Å²) in [6.07, 6.45) is 0. The van der Waals surface area contributed by atoms with Crippen LogP contribution in [-0.2, 0) is 6.54 Å². The van der Waals surface area contributed by atoms with Crippen molar-refractivity contribution >= 4 is 32.6 Å². The number of hydrogen-bond acceptors (Lipinski definition) is 5. The number of rotatable bonds is 3. The standard InChI is InChI=1S/C9H9BrN4S/c1-14(9-11-12-13-15-9)6-7-4-2-3-5-8(7)10/h2-5H,6H2,1H3. The van der Waals surface area contributed by atoms with E-state index in [0.717, 1.165) is 16.1 Å². The summed E-state index contributed by atoms with van der Waals surface area (Å²) in [5.74, 6) is 0. The van der Waals surface area contributed by atoms with E-state index in [9.17, 15) is 0 Å². The molecule has 1 heterocycles. The van der Waals surface area contributed by atoms with Gasteiger partial charge in [-0.25, -0.2) is 0 Å². The fraction of sp³-hybridized carbons (Fsp3) is 0.222. The van der Waals surface area contributed by atoms with Gasteiger partial charge in [0.15, 0.2) is 0 Å². The summed E-state index contributed by atoms with van der Waals surface area (Å²) in [7, 11) is 1.97. The van der Waals surface area contributed by atoms with Crippen molar-refractivity contribution < 1.29 is 0 Å². The molecule has 0 radical (unpaired) electrons. The Bertz CT molecular complexity index is 431. The Morgan fingerprint density at radius 2 is 2.20 bits per heavy atom. The van der Waals surface area contributed by atoms with Gasteiger partial charge in [0.25, 0.3) is 0 Å². The third-order valence-corrected chi connectivity index (χ3v) is 3.47. The number of benzene rings is 1. The third kappa shape index (κ3) is 2.51. The number of hydrogen-bond donors (Lipinski definition) is 0. The Balaban J connectivity index is 2.13. The highest BCUT2D eigenvalue weighted by atomic mass is 79.9. The number of anilines is 1. The van der Waals surface area contributed by atoms with Crippen LogP contribution in [-0.4, -0.2) is 21.8 Å². The lowest BCUT2D eigenvalue weighted by Gasteiger charge is -2.15. The lowest BCUT2D eigenvalue weighted by molar-refractivity contribution is 0.871. The van der Waals surface area contributed by atoms with Crippen LogP contribution >= 0.6 is 27.5 Å². The largest absolute Gasteiger partial charge is 0.344 e. The summed E-state index contributed by atoms with van der Waals surface area (Å²) < 4.78 is 4.84. The first-order valence-electron chi connectivity index (χ1n) is 4.37. The Hall–Kier alpha value is -1.01. The fourth-order valence-corrected chi connectivity index (χ4v) is 2.06. The molecule has 2 rings (SSSR count). The van der Waals surface area contributed by atoms with Crippen LogP contribution in [0, 0.1) is 0 Å². The first kappa shape index (κ1) is 10.5. The molecule has 78 valence electrons. The molecule has 0 atom stereocenters. The second kappa shape index (κ2) is 4.67. The molecular weight excluding hydrogens is 276 g/mol. The Labute approximate surface area is 100 Å². The van der Waals surface area contributed by atoms with Gasteiger partial charge in [-0.15, -0.1) is 0 Å². The van der Waals surface area contributed by atoms with Crippen molar-refractivity contribution in [2.75, 3.05) is 11.9 Å².